The molecule has 0 atom stereocenters. The van der Waals surface area contributed by atoms with Crippen LogP contribution >= 0.6 is 0 Å². The maximum Gasteiger partial charge on any atom is 0.162 e. The van der Waals surface area contributed by atoms with Crippen molar-refractivity contribution < 1.29 is 9.47 Å². The molecule has 1 fully saturated rings. The van der Waals surface area contributed by atoms with E-state index in [1.807, 2.05) is 12.1 Å². The third-order valence-corrected chi connectivity index (χ3v) is 4.55. The summed E-state index contributed by atoms with van der Waals surface area (Å²) in [6.07, 6.45) is 4.83. The third-order valence-electron chi connectivity index (χ3n) is 4.55. The number of hydrogen-bond donors (Lipinski definition) is 1. The van der Waals surface area contributed by atoms with Gasteiger partial charge in [0.05, 0.1) is 19.8 Å². The molecule has 116 valence electrons. The van der Waals surface area contributed by atoms with Gasteiger partial charge in [-0.25, -0.2) is 0 Å². The number of methoxy groups -OCH3 is 2. The van der Waals surface area contributed by atoms with Gasteiger partial charge >= 0.3 is 0 Å². The first-order chi connectivity index (χ1) is 10.8. The lowest BCUT2D eigenvalue weighted by atomic mass is 9.88. The van der Waals surface area contributed by atoms with Crippen molar-refractivity contribution >= 4 is 5.69 Å². The lowest BCUT2D eigenvalue weighted by Gasteiger charge is -2.32. The average molecular weight is 297 g/mol. The smallest absolute Gasteiger partial charge is 0.162 e. The van der Waals surface area contributed by atoms with E-state index in [1.54, 1.807) is 14.2 Å². The van der Waals surface area contributed by atoms with Crippen molar-refractivity contribution in [1.29, 1.82) is 0 Å². The number of benzene rings is 2. The van der Waals surface area contributed by atoms with Crippen LogP contribution in [0.3, 0.4) is 0 Å². The Kier molecular flexibility index (Phi) is 4.23. The van der Waals surface area contributed by atoms with E-state index in [1.165, 1.54) is 18.4 Å². The summed E-state index contributed by atoms with van der Waals surface area (Å²) < 4.78 is 10.7. The van der Waals surface area contributed by atoms with Gasteiger partial charge in [0, 0.05) is 11.8 Å². The highest BCUT2D eigenvalue weighted by atomic mass is 16.5. The van der Waals surface area contributed by atoms with E-state index in [0.29, 0.717) is 0 Å². The van der Waals surface area contributed by atoms with Crippen molar-refractivity contribution in [3.05, 3.63) is 54.1 Å². The Balaban J connectivity index is 1.92. The predicted octanol–water partition coefficient (Wildman–Crippen LogP) is 4.59. The zero-order valence-electron chi connectivity index (χ0n) is 13.3. The standard InChI is InChI=1S/C19H23NO2/c1-21-17-11-10-16(14-18(17)22-2)20-19(12-6-7-13-19)15-8-4-3-5-9-15/h3-5,8-11,14,20H,6-7,12-13H2,1-2H3. The number of ether oxygens (including phenoxy) is 2. The van der Waals surface area contributed by atoms with Gasteiger partial charge in [-0.05, 0) is 30.5 Å². The van der Waals surface area contributed by atoms with E-state index in [9.17, 15) is 0 Å². The topological polar surface area (TPSA) is 30.5 Å². The molecule has 2 aromatic rings. The van der Waals surface area contributed by atoms with Gasteiger partial charge in [0.2, 0.25) is 0 Å². The van der Waals surface area contributed by atoms with Crippen molar-refractivity contribution in [3.63, 3.8) is 0 Å². The maximum atomic E-state index is 5.41. The molecule has 0 radical (unpaired) electrons. The highest BCUT2D eigenvalue weighted by Crippen LogP contribution is 2.42. The summed E-state index contributed by atoms with van der Waals surface area (Å²) in [5, 5.41) is 3.76. The zero-order valence-corrected chi connectivity index (χ0v) is 13.3. The second-order valence-corrected chi connectivity index (χ2v) is 5.85. The molecule has 0 unspecified atom stereocenters. The zero-order chi connectivity index (χ0) is 15.4. The number of rotatable bonds is 5. The van der Waals surface area contributed by atoms with Crippen molar-refractivity contribution in [2.75, 3.05) is 19.5 Å². The van der Waals surface area contributed by atoms with Gasteiger partial charge in [-0.1, -0.05) is 43.2 Å². The Hall–Kier alpha value is -2.16. The monoisotopic (exact) mass is 297 g/mol. The van der Waals surface area contributed by atoms with Crippen LogP contribution in [0.25, 0.3) is 0 Å². The molecule has 1 saturated carbocycles. The minimum Gasteiger partial charge on any atom is -0.493 e. The van der Waals surface area contributed by atoms with Crippen LogP contribution in [0.5, 0.6) is 11.5 Å². The molecular formula is C19H23NO2. The molecule has 3 heteroatoms. The van der Waals surface area contributed by atoms with Crippen molar-refractivity contribution in [2.24, 2.45) is 0 Å². The van der Waals surface area contributed by atoms with Gasteiger partial charge in [0.1, 0.15) is 0 Å². The van der Waals surface area contributed by atoms with E-state index in [-0.39, 0.29) is 5.54 Å². The molecule has 3 rings (SSSR count). The fourth-order valence-electron chi connectivity index (χ4n) is 3.41. The van der Waals surface area contributed by atoms with Gasteiger partial charge < -0.3 is 14.8 Å². The van der Waals surface area contributed by atoms with E-state index in [0.717, 1.165) is 30.0 Å². The van der Waals surface area contributed by atoms with Crippen LogP contribution in [0.15, 0.2) is 48.5 Å². The van der Waals surface area contributed by atoms with E-state index in [4.69, 9.17) is 9.47 Å². The first-order valence-corrected chi connectivity index (χ1v) is 7.83. The summed E-state index contributed by atoms with van der Waals surface area (Å²) in [7, 11) is 3.33. The molecule has 1 aliphatic rings. The summed E-state index contributed by atoms with van der Waals surface area (Å²) in [5.41, 5.74) is 2.46. The minimum absolute atomic E-state index is 0.0286. The largest absolute Gasteiger partial charge is 0.493 e. The second kappa shape index (κ2) is 6.30. The van der Waals surface area contributed by atoms with Crippen LogP contribution in [-0.2, 0) is 5.54 Å². The number of hydrogen-bond acceptors (Lipinski definition) is 3. The Morgan fingerprint density at radius 2 is 1.55 bits per heavy atom. The average Bonchev–Trinajstić information content (AvgIpc) is 3.05. The summed E-state index contributed by atoms with van der Waals surface area (Å²) in [6, 6.07) is 16.8. The lowest BCUT2D eigenvalue weighted by Crippen LogP contribution is -2.32. The summed E-state index contributed by atoms with van der Waals surface area (Å²) >= 11 is 0. The quantitative estimate of drug-likeness (QED) is 0.876. The van der Waals surface area contributed by atoms with E-state index < -0.39 is 0 Å². The van der Waals surface area contributed by atoms with Crippen molar-refractivity contribution in [1.82, 2.24) is 0 Å². The van der Waals surface area contributed by atoms with Gasteiger partial charge in [0.25, 0.3) is 0 Å². The van der Waals surface area contributed by atoms with Gasteiger partial charge in [-0.15, -0.1) is 0 Å². The Morgan fingerprint density at radius 1 is 0.864 bits per heavy atom. The molecule has 0 heterocycles. The van der Waals surface area contributed by atoms with Crippen molar-refractivity contribution in [3.8, 4) is 11.5 Å². The Morgan fingerprint density at radius 3 is 2.18 bits per heavy atom. The minimum atomic E-state index is 0.0286. The molecule has 1 N–H and O–H groups in total. The van der Waals surface area contributed by atoms with Crippen LogP contribution in [0.4, 0.5) is 5.69 Å². The number of nitrogens with one attached hydrogen (secondary N) is 1. The molecule has 22 heavy (non-hydrogen) atoms. The first kappa shape index (κ1) is 14.8. The third kappa shape index (κ3) is 2.76. The number of anilines is 1. The molecule has 0 amide bonds. The van der Waals surface area contributed by atoms with E-state index in [2.05, 4.69) is 41.7 Å². The predicted molar refractivity (Wildman–Crippen MR) is 89.8 cm³/mol. The molecule has 0 aromatic heterocycles. The summed E-state index contributed by atoms with van der Waals surface area (Å²) in [4.78, 5) is 0. The normalized spacial score (nSPS) is 16.3. The lowest BCUT2D eigenvalue weighted by molar-refractivity contribution is 0.355. The van der Waals surface area contributed by atoms with Crippen molar-refractivity contribution in [2.45, 2.75) is 31.2 Å². The highest BCUT2D eigenvalue weighted by molar-refractivity contribution is 5.57. The van der Waals surface area contributed by atoms with Crippen LogP contribution in [0.1, 0.15) is 31.2 Å². The maximum absolute atomic E-state index is 5.41. The van der Waals surface area contributed by atoms with Crippen LogP contribution < -0.4 is 14.8 Å². The second-order valence-electron chi connectivity index (χ2n) is 5.85. The van der Waals surface area contributed by atoms with Gasteiger partial charge in [-0.2, -0.15) is 0 Å². The van der Waals surface area contributed by atoms with Gasteiger partial charge in [0.15, 0.2) is 11.5 Å². The van der Waals surface area contributed by atoms with Crippen LogP contribution in [-0.4, -0.2) is 14.2 Å². The molecule has 3 nitrogen and oxygen atoms in total. The Labute approximate surface area is 132 Å². The highest BCUT2D eigenvalue weighted by Gasteiger charge is 2.35. The molecule has 0 saturated heterocycles. The molecular weight excluding hydrogens is 274 g/mol. The molecule has 2 aromatic carbocycles. The molecule has 0 bridgehead atoms. The molecule has 0 spiro atoms. The molecule has 1 aliphatic carbocycles. The fourth-order valence-corrected chi connectivity index (χ4v) is 3.41. The van der Waals surface area contributed by atoms with Crippen LogP contribution in [0.2, 0.25) is 0 Å². The van der Waals surface area contributed by atoms with E-state index >= 15 is 0 Å². The van der Waals surface area contributed by atoms with Crippen LogP contribution in [0, 0.1) is 0 Å². The first-order valence-electron chi connectivity index (χ1n) is 7.83. The fraction of sp³-hybridized carbons (Fsp3) is 0.368. The SMILES string of the molecule is COc1ccc(NC2(c3ccccc3)CCCC2)cc1OC. The Bertz CT molecular complexity index is 619. The molecule has 0 aliphatic heterocycles. The summed E-state index contributed by atoms with van der Waals surface area (Å²) in [6.45, 7) is 0. The van der Waals surface area contributed by atoms with Gasteiger partial charge in [-0.3, -0.25) is 0 Å². The summed E-state index contributed by atoms with van der Waals surface area (Å²) in [5.74, 6) is 1.52.